The van der Waals surface area contributed by atoms with Crippen LogP contribution in [0.3, 0.4) is 0 Å². The number of pyridine rings is 1. The Kier molecular flexibility index (Phi) is 8.07. The first-order chi connectivity index (χ1) is 17.1. The molecule has 1 aliphatic carbocycles. The monoisotopic (exact) mass is 527 g/mol. The molecule has 2 heterocycles. The first-order valence-corrected chi connectivity index (χ1v) is 14.5. The number of aromatic nitrogens is 2. The summed E-state index contributed by atoms with van der Waals surface area (Å²) in [7, 11) is -3.88. The van der Waals surface area contributed by atoms with Crippen molar-refractivity contribution in [2.75, 3.05) is 5.32 Å². The minimum Gasteiger partial charge on any atom is -0.334 e. The number of anilines is 1. The number of rotatable bonds is 7. The van der Waals surface area contributed by atoms with Crippen molar-refractivity contribution in [1.82, 2.24) is 20.0 Å². The Hall–Kier alpha value is -2.82. The quantitative estimate of drug-likeness (QED) is 0.367. The molecule has 0 spiro atoms. The van der Waals surface area contributed by atoms with Gasteiger partial charge in [-0.3, -0.25) is 4.98 Å². The van der Waals surface area contributed by atoms with E-state index in [4.69, 9.17) is 0 Å². The molecule has 0 aliphatic heterocycles. The van der Waals surface area contributed by atoms with Gasteiger partial charge in [-0.1, -0.05) is 31.4 Å². The van der Waals surface area contributed by atoms with Crippen LogP contribution >= 0.6 is 11.3 Å². The first kappa shape index (κ1) is 26.2. The maximum atomic E-state index is 13.4. The fourth-order valence-electron chi connectivity index (χ4n) is 4.29. The van der Waals surface area contributed by atoms with Crippen LogP contribution in [0.15, 0.2) is 53.8 Å². The smallest absolute Gasteiger partial charge is 0.319 e. The zero-order valence-electron chi connectivity index (χ0n) is 20.9. The van der Waals surface area contributed by atoms with Crippen LogP contribution in [-0.4, -0.2) is 30.0 Å². The molecule has 1 saturated carbocycles. The van der Waals surface area contributed by atoms with Gasteiger partial charge >= 0.3 is 6.03 Å². The molecule has 2 amide bonds. The zero-order valence-corrected chi connectivity index (χ0v) is 22.5. The van der Waals surface area contributed by atoms with E-state index >= 15 is 0 Å². The molecule has 8 nitrogen and oxygen atoms in total. The average Bonchev–Trinajstić information content (AvgIpc) is 3.33. The van der Waals surface area contributed by atoms with Crippen molar-refractivity contribution in [3.8, 4) is 10.4 Å². The van der Waals surface area contributed by atoms with E-state index in [1.807, 2.05) is 6.07 Å². The number of sulfonamides is 1. The maximum Gasteiger partial charge on any atom is 0.319 e. The minimum absolute atomic E-state index is 0.112. The number of amides is 2. The van der Waals surface area contributed by atoms with E-state index in [2.05, 4.69) is 25.3 Å². The van der Waals surface area contributed by atoms with Crippen LogP contribution in [0.5, 0.6) is 0 Å². The van der Waals surface area contributed by atoms with Gasteiger partial charge in [-0.05, 0) is 57.4 Å². The lowest BCUT2D eigenvalue weighted by Crippen LogP contribution is -2.40. The van der Waals surface area contributed by atoms with Crippen molar-refractivity contribution in [2.24, 2.45) is 0 Å². The maximum absolute atomic E-state index is 13.4. The molecular weight excluding hydrogens is 494 g/mol. The largest absolute Gasteiger partial charge is 0.334 e. The van der Waals surface area contributed by atoms with E-state index in [0.29, 0.717) is 23.7 Å². The second kappa shape index (κ2) is 11.1. The second-order valence-electron chi connectivity index (χ2n) is 10.1. The highest BCUT2D eigenvalue weighted by Crippen LogP contribution is 2.39. The molecule has 1 aromatic carbocycles. The molecule has 2 aromatic heterocycles. The summed E-state index contributed by atoms with van der Waals surface area (Å²) < 4.78 is 29.6. The lowest BCUT2D eigenvalue weighted by atomic mass is 9.90. The number of nitrogens with one attached hydrogen (secondary N) is 3. The molecule has 192 valence electrons. The Morgan fingerprint density at radius 2 is 1.89 bits per heavy atom. The molecule has 3 N–H and O–H groups in total. The Morgan fingerprint density at radius 1 is 1.11 bits per heavy atom. The molecule has 1 aliphatic rings. The molecule has 36 heavy (non-hydrogen) atoms. The Bertz CT molecular complexity index is 1290. The van der Waals surface area contributed by atoms with Crippen LogP contribution in [0.2, 0.25) is 0 Å². The highest BCUT2D eigenvalue weighted by Gasteiger charge is 2.27. The molecule has 1 fully saturated rings. The van der Waals surface area contributed by atoms with Gasteiger partial charge in [-0.15, -0.1) is 11.3 Å². The minimum atomic E-state index is -3.88. The Balaban J connectivity index is 1.60. The topological polar surface area (TPSA) is 113 Å². The SMILES string of the molecule is CC(C)(C)NS(=O)(=O)c1cc(NC(=O)NCc2cccnc2)ccc1-c1cnc(C2CCCCC2)s1. The summed E-state index contributed by atoms with van der Waals surface area (Å²) >= 11 is 1.56. The third-order valence-electron chi connectivity index (χ3n) is 5.89. The van der Waals surface area contributed by atoms with Crippen molar-refractivity contribution in [2.45, 2.75) is 75.8 Å². The van der Waals surface area contributed by atoms with Gasteiger partial charge in [-0.2, -0.15) is 0 Å². The molecule has 4 rings (SSSR count). The zero-order chi connectivity index (χ0) is 25.8. The molecule has 0 bridgehead atoms. The van der Waals surface area contributed by atoms with E-state index in [-0.39, 0.29) is 4.90 Å². The molecule has 3 aromatic rings. The van der Waals surface area contributed by atoms with Gasteiger partial charge in [0.2, 0.25) is 10.0 Å². The van der Waals surface area contributed by atoms with E-state index in [1.54, 1.807) is 68.9 Å². The van der Waals surface area contributed by atoms with Crippen LogP contribution in [0.4, 0.5) is 10.5 Å². The summed E-state index contributed by atoms with van der Waals surface area (Å²) in [5.74, 6) is 0.440. The molecule has 0 unspecified atom stereocenters. The molecule has 0 radical (unpaired) electrons. The predicted octanol–water partition coefficient (Wildman–Crippen LogP) is 5.65. The number of thiazole rings is 1. The van der Waals surface area contributed by atoms with Crippen LogP contribution in [0, 0.1) is 0 Å². The third kappa shape index (κ3) is 6.89. The van der Waals surface area contributed by atoms with Crippen molar-refractivity contribution in [3.05, 3.63) is 59.5 Å². The summed E-state index contributed by atoms with van der Waals surface area (Å²) in [6, 6.07) is 8.19. The van der Waals surface area contributed by atoms with Crippen molar-refractivity contribution >= 4 is 33.1 Å². The van der Waals surface area contributed by atoms with Crippen LogP contribution in [-0.2, 0) is 16.6 Å². The van der Waals surface area contributed by atoms with E-state index in [9.17, 15) is 13.2 Å². The number of hydrogen-bond acceptors (Lipinski definition) is 6. The third-order valence-corrected chi connectivity index (χ3v) is 8.88. The number of urea groups is 1. The van der Waals surface area contributed by atoms with Gasteiger partial charge < -0.3 is 10.6 Å². The highest BCUT2D eigenvalue weighted by molar-refractivity contribution is 7.89. The van der Waals surface area contributed by atoms with Crippen LogP contribution in [0.25, 0.3) is 10.4 Å². The van der Waals surface area contributed by atoms with Crippen molar-refractivity contribution in [3.63, 3.8) is 0 Å². The molecule has 0 atom stereocenters. The second-order valence-corrected chi connectivity index (χ2v) is 12.8. The van der Waals surface area contributed by atoms with Crippen LogP contribution < -0.4 is 15.4 Å². The molecule has 0 saturated heterocycles. The van der Waals surface area contributed by atoms with Gasteiger partial charge in [0.05, 0.1) is 14.8 Å². The summed E-state index contributed by atoms with van der Waals surface area (Å²) in [6.07, 6.45) is 11.0. The number of hydrogen-bond donors (Lipinski definition) is 3. The predicted molar refractivity (Wildman–Crippen MR) is 144 cm³/mol. The number of nitrogens with zero attached hydrogens (tertiary/aromatic N) is 2. The van der Waals surface area contributed by atoms with E-state index < -0.39 is 21.6 Å². The normalized spacial score (nSPS) is 15.0. The highest BCUT2D eigenvalue weighted by atomic mass is 32.2. The fourth-order valence-corrected chi connectivity index (χ4v) is 7.15. The summed E-state index contributed by atoms with van der Waals surface area (Å²) in [5.41, 5.74) is 1.16. The summed E-state index contributed by atoms with van der Waals surface area (Å²) in [6.45, 7) is 5.70. The molecule has 10 heteroatoms. The van der Waals surface area contributed by atoms with Gasteiger partial charge in [0, 0.05) is 47.8 Å². The van der Waals surface area contributed by atoms with E-state index in [0.717, 1.165) is 28.3 Å². The lowest BCUT2D eigenvalue weighted by Gasteiger charge is -2.22. The van der Waals surface area contributed by atoms with E-state index in [1.165, 1.54) is 25.3 Å². The number of carbonyl (C=O) groups excluding carboxylic acids is 1. The summed E-state index contributed by atoms with van der Waals surface area (Å²) in [5, 5.41) is 6.58. The van der Waals surface area contributed by atoms with Crippen molar-refractivity contribution in [1.29, 1.82) is 0 Å². The van der Waals surface area contributed by atoms with Gasteiger partial charge in [0.15, 0.2) is 0 Å². The van der Waals surface area contributed by atoms with Gasteiger partial charge in [0.25, 0.3) is 0 Å². The van der Waals surface area contributed by atoms with Gasteiger partial charge in [0.1, 0.15) is 0 Å². The van der Waals surface area contributed by atoms with Crippen molar-refractivity contribution < 1.29 is 13.2 Å². The lowest BCUT2D eigenvalue weighted by molar-refractivity contribution is 0.251. The molecular formula is C26H33N5O3S2. The average molecular weight is 528 g/mol. The standard InChI is InChI=1S/C26H33N5O3S2/c1-26(2,3)31-36(33,34)23-14-20(30-25(32)29-16-18-8-7-13-27-15-18)11-12-21(23)22-17-28-24(35-22)19-9-5-4-6-10-19/h7-8,11-15,17,19,31H,4-6,9-10,16H2,1-3H3,(H2,29,30,32). The first-order valence-electron chi connectivity index (χ1n) is 12.2. The van der Waals surface area contributed by atoms with Gasteiger partial charge in [-0.25, -0.2) is 22.9 Å². The Labute approximate surface area is 217 Å². The summed E-state index contributed by atoms with van der Waals surface area (Å²) in [4.78, 5) is 22.1. The Morgan fingerprint density at radius 3 is 2.58 bits per heavy atom. The fraction of sp³-hybridized carbons (Fsp3) is 0.423. The van der Waals surface area contributed by atoms with Crippen LogP contribution in [0.1, 0.15) is 69.4 Å². The number of carbonyl (C=O) groups is 1. The number of benzene rings is 1.